The molecule has 0 bridgehead atoms. The Morgan fingerprint density at radius 3 is 2.19 bits per heavy atom. The minimum atomic E-state index is -5.58. The number of hydrogen-bond donors (Lipinski definition) is 9. The summed E-state index contributed by atoms with van der Waals surface area (Å²) in [5, 5.41) is 26.6. The highest BCUT2D eigenvalue weighted by Gasteiger charge is 2.50. The van der Waals surface area contributed by atoms with Gasteiger partial charge < -0.3 is 50.9 Å². The number of fused-ring (bicyclic) bond motifs is 1. The lowest BCUT2D eigenvalue weighted by Crippen LogP contribution is -2.46. The van der Waals surface area contributed by atoms with Crippen LogP contribution < -0.4 is 16.4 Å². The van der Waals surface area contributed by atoms with Gasteiger partial charge in [0.25, 0.3) is 0 Å². The van der Waals surface area contributed by atoms with Crippen LogP contribution in [0.3, 0.4) is 0 Å². The molecule has 2 aromatic rings. The molecule has 10 N–H and O–H groups in total. The maximum atomic E-state index is 12.7. The number of phosphoric ester groups is 3. The molecule has 0 saturated carbocycles. The van der Waals surface area contributed by atoms with E-state index in [1.165, 1.54) is 33.1 Å². The van der Waals surface area contributed by atoms with E-state index >= 15 is 0 Å². The molecule has 0 aromatic carbocycles. The first-order valence-corrected chi connectivity index (χ1v) is 28.1. The molecule has 2 aromatic heterocycles. The Morgan fingerprint density at radius 1 is 0.884 bits per heavy atom. The number of anilines is 1. The molecule has 24 nitrogen and oxygen atoms in total. The number of nitrogen functional groups attached to an aromatic ring is 1. The minimum absolute atomic E-state index is 0.0317. The summed E-state index contributed by atoms with van der Waals surface area (Å²) in [6.45, 7) is 2.75. The van der Waals surface area contributed by atoms with Crippen molar-refractivity contribution in [1.82, 2.24) is 30.2 Å². The number of unbranched alkanes of at least 4 members (excludes halogenated alkanes) is 7. The molecular formula is C41H68N7O17P3S. The highest BCUT2D eigenvalue weighted by molar-refractivity contribution is 8.13. The highest BCUT2D eigenvalue weighted by atomic mass is 32.2. The van der Waals surface area contributed by atoms with Crippen molar-refractivity contribution in [2.45, 2.75) is 135 Å². The van der Waals surface area contributed by atoms with Crippen LogP contribution in [0.15, 0.2) is 49.1 Å². The van der Waals surface area contributed by atoms with Gasteiger partial charge >= 0.3 is 23.5 Å². The van der Waals surface area contributed by atoms with Crippen LogP contribution in [0.1, 0.15) is 110 Å². The first-order valence-electron chi connectivity index (χ1n) is 22.6. The zero-order chi connectivity index (χ0) is 51.1. The summed E-state index contributed by atoms with van der Waals surface area (Å²) < 4.78 is 62.4. The Kier molecular flexibility index (Phi) is 26.1. The number of imidazole rings is 1. The summed E-state index contributed by atoms with van der Waals surface area (Å²) in [5.74, 6) is -1.05. The van der Waals surface area contributed by atoms with E-state index in [0.717, 1.165) is 80.4 Å². The number of thioether (sulfide) groups is 1. The van der Waals surface area contributed by atoms with Crippen LogP contribution in [-0.4, -0.2) is 123 Å². The number of carbonyl (C=O) groups excluding carboxylic acids is 3. The van der Waals surface area contributed by atoms with Crippen LogP contribution in [0.5, 0.6) is 0 Å². The van der Waals surface area contributed by atoms with Gasteiger partial charge in [-0.25, -0.2) is 28.6 Å². The Bertz CT molecular complexity index is 2170. The molecule has 0 radical (unpaired) electrons. The van der Waals surface area contributed by atoms with Crippen molar-refractivity contribution in [3.63, 3.8) is 0 Å². The molecule has 1 saturated heterocycles. The monoisotopic (exact) mass is 1060 g/mol. The number of aliphatic hydroxyl groups is 2. The lowest BCUT2D eigenvalue weighted by molar-refractivity contribution is -0.137. The van der Waals surface area contributed by atoms with E-state index in [9.17, 15) is 57.9 Å². The molecule has 2 amide bonds. The molecule has 3 rings (SSSR count). The largest absolute Gasteiger partial charge is 0.481 e. The topological polar surface area (TPSA) is 364 Å². The van der Waals surface area contributed by atoms with E-state index < -0.39 is 84.6 Å². The third-order valence-corrected chi connectivity index (χ3v) is 14.3. The fourth-order valence-corrected chi connectivity index (χ4v) is 10.1. The average Bonchev–Trinajstić information content (AvgIpc) is 3.84. The Morgan fingerprint density at radius 2 is 1.52 bits per heavy atom. The Hall–Kier alpha value is -3.22. The van der Waals surface area contributed by atoms with Crippen LogP contribution in [-0.2, 0) is 50.7 Å². The van der Waals surface area contributed by atoms with E-state index in [-0.39, 0.29) is 41.6 Å². The molecule has 0 aliphatic carbocycles. The Balaban J connectivity index is 1.29. The number of carbonyl (C=O) groups is 3. The second kappa shape index (κ2) is 30.0. The molecule has 1 fully saturated rings. The van der Waals surface area contributed by atoms with Crippen molar-refractivity contribution < 1.29 is 80.5 Å². The first kappa shape index (κ1) is 60.1. The molecule has 7 atom stereocenters. The van der Waals surface area contributed by atoms with Crippen LogP contribution in [0.25, 0.3) is 11.2 Å². The summed E-state index contributed by atoms with van der Waals surface area (Å²) in [6.07, 6.45) is 18.5. The first-order chi connectivity index (χ1) is 32.6. The van der Waals surface area contributed by atoms with Gasteiger partial charge in [-0.05, 0) is 44.9 Å². The molecular weight excluding hydrogens is 987 g/mol. The molecule has 1 aliphatic heterocycles. The molecule has 7 unspecified atom stereocenters. The van der Waals surface area contributed by atoms with Crippen molar-refractivity contribution >= 4 is 69.1 Å². The van der Waals surface area contributed by atoms with Crippen LogP contribution in [0, 0.1) is 5.41 Å². The zero-order valence-corrected chi connectivity index (χ0v) is 42.5. The fraction of sp³-hybridized carbons (Fsp3) is 0.659. The number of nitrogens with zero attached hydrogens (tertiary/aromatic N) is 4. The SMILES string of the molecule is CCCCCC=CCC=CCC=CCCCCCCC(=O)SCCNC(=O)CCNC(=O)C(O)C(C)(C)COP(=O)(O)OP(=O)(O)OCC1OC(n2cnc3c(N)ncnc32)C(O)C1OP(=O)(O)O. The van der Waals surface area contributed by atoms with Gasteiger partial charge in [0.2, 0.25) is 11.8 Å². The van der Waals surface area contributed by atoms with Crippen molar-refractivity contribution in [3.8, 4) is 0 Å². The van der Waals surface area contributed by atoms with Crippen LogP contribution >= 0.6 is 35.2 Å². The van der Waals surface area contributed by atoms with E-state index in [2.05, 4.69) is 77.8 Å². The molecule has 28 heteroatoms. The highest BCUT2D eigenvalue weighted by Crippen LogP contribution is 2.61. The van der Waals surface area contributed by atoms with Gasteiger partial charge in [-0.2, -0.15) is 4.31 Å². The van der Waals surface area contributed by atoms with E-state index in [0.29, 0.717) is 12.2 Å². The predicted octanol–water partition coefficient (Wildman–Crippen LogP) is 5.03. The molecule has 390 valence electrons. The smallest absolute Gasteiger partial charge is 0.386 e. The van der Waals surface area contributed by atoms with Crippen molar-refractivity contribution in [1.29, 1.82) is 0 Å². The summed E-state index contributed by atoms with van der Waals surface area (Å²) in [5.41, 5.74) is 4.28. The number of phosphoric acid groups is 3. The van der Waals surface area contributed by atoms with Gasteiger partial charge in [-0.1, -0.05) is 94.7 Å². The number of aliphatic hydroxyl groups excluding tert-OH is 2. The standard InChI is InChI=1S/C41H68N7O17P3S/c1-4-5-6-7-8-9-10-11-12-13-14-15-16-17-18-19-20-21-32(50)69-25-24-43-31(49)22-23-44-39(53)36(52)41(2,3)27-62-68(59,60)65-67(57,58)61-26-30-35(64-66(54,55)56)34(51)40(63-30)48-29-47-33-37(42)45-28-46-38(33)48/h8-9,11-12,14-15,28-30,34-36,40,51-52H,4-7,10,13,16-27H2,1-3H3,(H,43,49)(H,44,53)(H,57,58)(H,59,60)(H2,42,45,46)(H2,54,55,56). The molecule has 0 spiro atoms. The van der Waals surface area contributed by atoms with Crippen LogP contribution in [0.4, 0.5) is 5.82 Å². The maximum absolute atomic E-state index is 12.7. The van der Waals surface area contributed by atoms with Crippen molar-refractivity contribution in [2.24, 2.45) is 5.41 Å². The zero-order valence-electron chi connectivity index (χ0n) is 39.0. The van der Waals surface area contributed by atoms with Crippen molar-refractivity contribution in [3.05, 3.63) is 49.1 Å². The van der Waals surface area contributed by atoms with Gasteiger partial charge in [0.05, 0.1) is 19.5 Å². The number of amides is 2. The third kappa shape index (κ3) is 22.8. The number of nitrogens with one attached hydrogen (secondary N) is 2. The average molecular weight is 1060 g/mol. The molecule has 69 heavy (non-hydrogen) atoms. The minimum Gasteiger partial charge on any atom is -0.386 e. The summed E-state index contributed by atoms with van der Waals surface area (Å²) in [7, 11) is -16.4. The number of ether oxygens (including phenoxy) is 1. The predicted molar refractivity (Wildman–Crippen MR) is 256 cm³/mol. The van der Waals surface area contributed by atoms with Crippen LogP contribution in [0.2, 0.25) is 0 Å². The number of allylic oxidation sites excluding steroid dienone is 6. The second-order valence-electron chi connectivity index (χ2n) is 16.6. The van der Waals surface area contributed by atoms with E-state index in [1.807, 2.05) is 0 Å². The lowest BCUT2D eigenvalue weighted by atomic mass is 9.87. The third-order valence-electron chi connectivity index (χ3n) is 10.3. The quantitative estimate of drug-likeness (QED) is 0.0252. The summed E-state index contributed by atoms with van der Waals surface area (Å²) in [4.78, 5) is 88.4. The second-order valence-corrected chi connectivity index (χ2v) is 22.0. The number of hydrogen-bond acceptors (Lipinski definition) is 18. The number of rotatable bonds is 34. The normalized spacial score (nSPS) is 20.2. The van der Waals surface area contributed by atoms with Crippen molar-refractivity contribution in [2.75, 3.05) is 37.8 Å². The maximum Gasteiger partial charge on any atom is 0.481 e. The summed E-state index contributed by atoms with van der Waals surface area (Å²) in [6, 6.07) is 0. The van der Waals surface area contributed by atoms with E-state index in [4.69, 9.17) is 19.5 Å². The molecule has 3 heterocycles. The summed E-state index contributed by atoms with van der Waals surface area (Å²) >= 11 is 1.14. The number of nitrogens with two attached hydrogens (primary N) is 1. The van der Waals surface area contributed by atoms with Gasteiger partial charge in [0.15, 0.2) is 22.8 Å². The van der Waals surface area contributed by atoms with Gasteiger partial charge in [0, 0.05) is 37.1 Å². The van der Waals surface area contributed by atoms with E-state index in [1.54, 1.807) is 0 Å². The molecule has 1 aliphatic rings. The van der Waals surface area contributed by atoms with Gasteiger partial charge in [-0.15, -0.1) is 0 Å². The fourth-order valence-electron chi connectivity index (χ4n) is 6.54. The van der Waals surface area contributed by atoms with Gasteiger partial charge in [0.1, 0.15) is 36.3 Å². The number of aromatic nitrogens is 4. The Labute approximate surface area is 405 Å². The lowest BCUT2D eigenvalue weighted by Gasteiger charge is -2.30. The van der Waals surface area contributed by atoms with Gasteiger partial charge in [-0.3, -0.25) is 32.5 Å².